The highest BCUT2D eigenvalue weighted by Crippen LogP contribution is 2.07. The number of nitrogens with one attached hydrogen (secondary N) is 2. The lowest BCUT2D eigenvalue weighted by Gasteiger charge is -2.15. The molecule has 0 aromatic heterocycles. The molecular weight excluding hydrogens is 272 g/mol. The first-order valence-electron chi connectivity index (χ1n) is 7.77. The van der Waals surface area contributed by atoms with Gasteiger partial charge in [0.05, 0.1) is 0 Å². The highest BCUT2D eigenvalue weighted by molar-refractivity contribution is 7.80. The van der Waals surface area contributed by atoms with E-state index in [1.807, 2.05) is 0 Å². The first-order valence-corrected chi connectivity index (χ1v) is 8.40. The van der Waals surface area contributed by atoms with Gasteiger partial charge in [0.1, 0.15) is 6.04 Å². The lowest BCUT2D eigenvalue weighted by atomic mass is 10.1. The van der Waals surface area contributed by atoms with E-state index >= 15 is 0 Å². The van der Waals surface area contributed by atoms with Crippen molar-refractivity contribution >= 4 is 24.4 Å². The quantitative estimate of drug-likeness (QED) is 0.383. The van der Waals surface area contributed by atoms with Gasteiger partial charge < -0.3 is 10.6 Å². The number of hydrogen-bond donors (Lipinski definition) is 3. The number of rotatable bonds is 12. The molecule has 2 amide bonds. The van der Waals surface area contributed by atoms with E-state index in [-0.39, 0.29) is 11.8 Å². The molecule has 0 heterocycles. The molecule has 0 aliphatic heterocycles. The van der Waals surface area contributed by atoms with Gasteiger partial charge in [-0.3, -0.25) is 9.59 Å². The van der Waals surface area contributed by atoms with Crippen molar-refractivity contribution in [3.05, 3.63) is 0 Å². The number of carbonyl (C=O) groups excluding carboxylic acids is 2. The van der Waals surface area contributed by atoms with Crippen LogP contribution in [0.3, 0.4) is 0 Å². The molecule has 118 valence electrons. The minimum Gasteiger partial charge on any atom is -0.354 e. The van der Waals surface area contributed by atoms with E-state index in [0.29, 0.717) is 12.3 Å². The summed E-state index contributed by atoms with van der Waals surface area (Å²) in [5, 5.41) is 5.43. The largest absolute Gasteiger partial charge is 0.354 e. The Morgan fingerprint density at radius 1 is 1.00 bits per heavy atom. The molecule has 1 atom stereocenters. The minimum atomic E-state index is -0.523. The fourth-order valence-corrected chi connectivity index (χ4v) is 2.29. The van der Waals surface area contributed by atoms with Crippen LogP contribution in [0.5, 0.6) is 0 Å². The van der Waals surface area contributed by atoms with E-state index < -0.39 is 6.04 Å². The lowest BCUT2D eigenvalue weighted by Crippen LogP contribution is -2.47. The van der Waals surface area contributed by atoms with Crippen molar-refractivity contribution in [2.24, 2.45) is 0 Å². The lowest BCUT2D eigenvalue weighted by molar-refractivity contribution is -0.127. The summed E-state index contributed by atoms with van der Waals surface area (Å²) in [6, 6.07) is -0.523. The SMILES string of the molecule is CCCCCCCCCCNC(=O)C(CS)NC(C)=O. The summed E-state index contributed by atoms with van der Waals surface area (Å²) in [7, 11) is 0. The van der Waals surface area contributed by atoms with Crippen molar-refractivity contribution in [3.63, 3.8) is 0 Å². The Morgan fingerprint density at radius 2 is 1.55 bits per heavy atom. The predicted molar refractivity (Wildman–Crippen MR) is 87.1 cm³/mol. The number of thiol groups is 1. The number of unbranched alkanes of at least 4 members (excludes halogenated alkanes) is 7. The molecule has 0 rings (SSSR count). The van der Waals surface area contributed by atoms with E-state index in [2.05, 4.69) is 30.2 Å². The highest BCUT2D eigenvalue weighted by Gasteiger charge is 2.16. The summed E-state index contributed by atoms with van der Waals surface area (Å²) in [6.07, 6.45) is 9.96. The summed E-state index contributed by atoms with van der Waals surface area (Å²) in [6.45, 7) is 4.31. The third kappa shape index (κ3) is 11.1. The highest BCUT2D eigenvalue weighted by atomic mass is 32.1. The molecule has 0 aromatic carbocycles. The van der Waals surface area contributed by atoms with Crippen LogP contribution in [-0.4, -0.2) is 30.2 Å². The molecule has 0 saturated heterocycles. The Morgan fingerprint density at radius 3 is 2.05 bits per heavy atom. The van der Waals surface area contributed by atoms with Gasteiger partial charge in [-0.15, -0.1) is 0 Å². The third-order valence-corrected chi connectivity index (χ3v) is 3.57. The van der Waals surface area contributed by atoms with Gasteiger partial charge in [-0.25, -0.2) is 0 Å². The molecule has 0 saturated carbocycles. The number of hydrogen-bond acceptors (Lipinski definition) is 3. The van der Waals surface area contributed by atoms with Gasteiger partial charge in [0.2, 0.25) is 11.8 Å². The van der Waals surface area contributed by atoms with Crippen molar-refractivity contribution in [1.82, 2.24) is 10.6 Å². The van der Waals surface area contributed by atoms with E-state index in [1.165, 1.54) is 45.4 Å². The molecule has 0 aliphatic rings. The van der Waals surface area contributed by atoms with Crippen LogP contribution in [-0.2, 0) is 9.59 Å². The molecule has 0 spiro atoms. The van der Waals surface area contributed by atoms with E-state index in [1.54, 1.807) is 0 Å². The third-order valence-electron chi connectivity index (χ3n) is 3.21. The van der Waals surface area contributed by atoms with Crippen LogP contribution in [0.2, 0.25) is 0 Å². The molecule has 4 nitrogen and oxygen atoms in total. The van der Waals surface area contributed by atoms with Crippen molar-refractivity contribution in [3.8, 4) is 0 Å². The van der Waals surface area contributed by atoms with Gasteiger partial charge in [-0.05, 0) is 6.42 Å². The predicted octanol–water partition coefficient (Wildman–Crippen LogP) is 2.68. The Labute approximate surface area is 128 Å². The van der Waals surface area contributed by atoms with Crippen molar-refractivity contribution in [1.29, 1.82) is 0 Å². The molecule has 20 heavy (non-hydrogen) atoms. The van der Waals surface area contributed by atoms with Gasteiger partial charge >= 0.3 is 0 Å². The topological polar surface area (TPSA) is 58.2 Å². The van der Waals surface area contributed by atoms with Crippen LogP contribution in [0.1, 0.15) is 65.2 Å². The minimum absolute atomic E-state index is 0.141. The number of carbonyl (C=O) groups is 2. The van der Waals surface area contributed by atoms with Crippen LogP contribution in [0.15, 0.2) is 0 Å². The van der Waals surface area contributed by atoms with Gasteiger partial charge in [0.15, 0.2) is 0 Å². The second kappa shape index (κ2) is 13.3. The molecule has 0 aromatic rings. The maximum atomic E-state index is 11.7. The van der Waals surface area contributed by atoms with E-state index in [9.17, 15) is 9.59 Å². The Balaban J connectivity index is 3.49. The van der Waals surface area contributed by atoms with E-state index in [0.717, 1.165) is 12.8 Å². The average Bonchev–Trinajstić information content (AvgIpc) is 2.42. The van der Waals surface area contributed by atoms with Gasteiger partial charge in [-0.2, -0.15) is 12.6 Å². The molecule has 0 bridgehead atoms. The normalized spacial score (nSPS) is 11.9. The summed E-state index contributed by atoms with van der Waals surface area (Å²) < 4.78 is 0. The van der Waals surface area contributed by atoms with E-state index in [4.69, 9.17) is 0 Å². The molecular formula is C15H30N2O2S. The van der Waals surface area contributed by atoms with Gasteiger partial charge in [0, 0.05) is 19.2 Å². The second-order valence-corrected chi connectivity index (χ2v) is 5.57. The summed E-state index contributed by atoms with van der Waals surface area (Å²) in [5.74, 6) is -0.0209. The molecule has 1 unspecified atom stereocenters. The molecule has 2 N–H and O–H groups in total. The second-order valence-electron chi connectivity index (χ2n) is 5.20. The zero-order valence-corrected chi connectivity index (χ0v) is 13.8. The molecule has 0 fully saturated rings. The molecule has 5 heteroatoms. The van der Waals surface area contributed by atoms with Crippen molar-refractivity contribution < 1.29 is 9.59 Å². The molecule has 0 radical (unpaired) electrons. The maximum Gasteiger partial charge on any atom is 0.243 e. The fourth-order valence-electron chi connectivity index (χ4n) is 2.03. The standard InChI is InChI=1S/C15H30N2O2S/c1-3-4-5-6-7-8-9-10-11-16-15(19)14(12-20)17-13(2)18/h14,20H,3-12H2,1-2H3,(H,16,19)(H,17,18). The van der Waals surface area contributed by atoms with Crippen molar-refractivity contribution in [2.45, 2.75) is 71.3 Å². The van der Waals surface area contributed by atoms with Gasteiger partial charge in [0.25, 0.3) is 0 Å². The van der Waals surface area contributed by atoms with Crippen LogP contribution in [0, 0.1) is 0 Å². The Kier molecular flexibility index (Phi) is 12.8. The zero-order valence-electron chi connectivity index (χ0n) is 12.9. The Hall–Kier alpha value is -0.710. The van der Waals surface area contributed by atoms with Crippen molar-refractivity contribution in [2.75, 3.05) is 12.3 Å². The maximum absolute atomic E-state index is 11.7. The van der Waals surface area contributed by atoms with Crippen LogP contribution < -0.4 is 10.6 Å². The first kappa shape index (κ1) is 19.3. The van der Waals surface area contributed by atoms with Crippen LogP contribution >= 0.6 is 12.6 Å². The average molecular weight is 302 g/mol. The smallest absolute Gasteiger partial charge is 0.243 e. The summed E-state index contributed by atoms with van der Waals surface area (Å²) >= 11 is 4.07. The fraction of sp³-hybridized carbons (Fsp3) is 0.867. The monoisotopic (exact) mass is 302 g/mol. The summed E-state index contributed by atoms with van der Waals surface area (Å²) in [5.41, 5.74) is 0. The van der Waals surface area contributed by atoms with Crippen LogP contribution in [0.25, 0.3) is 0 Å². The number of amides is 2. The Bertz CT molecular complexity index is 273. The molecule has 0 aliphatic carbocycles. The van der Waals surface area contributed by atoms with Gasteiger partial charge in [-0.1, -0.05) is 51.9 Å². The van der Waals surface area contributed by atoms with Crippen LogP contribution in [0.4, 0.5) is 0 Å². The zero-order chi connectivity index (χ0) is 15.2. The summed E-state index contributed by atoms with van der Waals surface area (Å²) in [4.78, 5) is 22.7. The first-order chi connectivity index (χ1) is 9.61.